The third-order valence-electron chi connectivity index (χ3n) is 8.78. The van der Waals surface area contributed by atoms with Gasteiger partial charge in [-0.15, -0.1) is 0 Å². The predicted octanol–water partition coefficient (Wildman–Crippen LogP) is 8.26. The van der Waals surface area contributed by atoms with Gasteiger partial charge in [-0.3, -0.25) is 13.9 Å². The Labute approximate surface area is 322 Å². The number of carboxylic acids is 1. The van der Waals surface area contributed by atoms with Crippen LogP contribution in [-0.2, 0) is 25.7 Å². The van der Waals surface area contributed by atoms with E-state index < -0.39 is 5.97 Å². The minimum atomic E-state index is -1.02. The molecule has 6 rings (SSSR count). The van der Waals surface area contributed by atoms with E-state index in [1.54, 1.807) is 19.1 Å². The minimum absolute atomic E-state index is 0. The molecule has 0 spiro atoms. The molecule has 1 amide bonds. The number of hydrogen-bond acceptors (Lipinski definition) is 8. The molecule has 12 nitrogen and oxygen atoms in total. The van der Waals surface area contributed by atoms with Gasteiger partial charge < -0.3 is 29.0 Å². The Morgan fingerprint density at radius 3 is 1.52 bits per heavy atom. The quantitative estimate of drug-likeness (QED) is 0.186. The Hall–Kier alpha value is -4.04. The monoisotopic (exact) mass is 845 g/mol. The summed E-state index contributed by atoms with van der Waals surface area (Å²) in [4.78, 5) is 34.9. The van der Waals surface area contributed by atoms with E-state index in [0.29, 0.717) is 44.5 Å². The number of nitrogens with zero attached hydrogens (tertiary/aromatic N) is 5. The summed E-state index contributed by atoms with van der Waals surface area (Å²) in [7, 11) is 5.08. The smallest absolute Gasteiger partial charge is 0.356 e. The van der Waals surface area contributed by atoms with Gasteiger partial charge in [-0.1, -0.05) is 7.43 Å². The molecule has 0 fully saturated rings. The number of halogens is 2. The first-order chi connectivity index (χ1) is 24.0. The SMILES string of the molecule is C.COc1cc2c(cc1OC(C)C)-n1c(Br)nc(C(=O)N(C)C(C)(C)C)c1CC2.COc1cc2c(cc1OC(C)C)-n1c(Br)nc(C(=O)O)c1CC2. The van der Waals surface area contributed by atoms with Crippen molar-refractivity contribution < 1.29 is 33.6 Å². The maximum Gasteiger partial charge on any atom is 0.356 e. The average Bonchev–Trinajstić information content (AvgIpc) is 3.59. The highest BCUT2D eigenvalue weighted by Gasteiger charge is 2.33. The summed E-state index contributed by atoms with van der Waals surface area (Å²) in [6, 6.07) is 7.83. The maximum atomic E-state index is 13.1. The topological polar surface area (TPSA) is 130 Å². The number of amides is 1. The van der Waals surface area contributed by atoms with E-state index in [1.165, 1.54) is 0 Å². The minimum Gasteiger partial charge on any atom is -0.493 e. The number of aromatic carboxylic acids is 1. The molecule has 0 aliphatic carbocycles. The zero-order chi connectivity index (χ0) is 37.5. The summed E-state index contributed by atoms with van der Waals surface area (Å²) < 4.78 is 27.6. The van der Waals surface area contributed by atoms with Gasteiger partial charge in [-0.25, -0.2) is 14.8 Å². The lowest BCUT2D eigenvalue weighted by molar-refractivity contribution is 0.0646. The molecule has 2 aliphatic heterocycles. The lowest BCUT2D eigenvalue weighted by Crippen LogP contribution is -2.43. The molecule has 1 N–H and O–H groups in total. The number of imidazole rings is 2. The number of aryl methyl sites for hydroxylation is 2. The van der Waals surface area contributed by atoms with Crippen LogP contribution in [-0.4, -0.2) is 80.0 Å². The Balaban J connectivity index is 0.000000232. The van der Waals surface area contributed by atoms with Crippen LogP contribution in [0.5, 0.6) is 23.0 Å². The van der Waals surface area contributed by atoms with Crippen molar-refractivity contribution in [2.75, 3.05) is 21.3 Å². The van der Waals surface area contributed by atoms with E-state index in [2.05, 4.69) is 41.8 Å². The van der Waals surface area contributed by atoms with Crippen LogP contribution in [0, 0.1) is 0 Å². The second-order valence-corrected chi connectivity index (χ2v) is 15.4. The zero-order valence-electron chi connectivity index (χ0n) is 30.7. The van der Waals surface area contributed by atoms with E-state index in [0.717, 1.165) is 53.2 Å². The van der Waals surface area contributed by atoms with Gasteiger partial charge >= 0.3 is 5.97 Å². The summed E-state index contributed by atoms with van der Waals surface area (Å²) in [6.07, 6.45) is 2.92. The number of rotatable bonds is 8. The van der Waals surface area contributed by atoms with E-state index in [-0.39, 0.29) is 36.8 Å². The third kappa shape index (κ3) is 7.97. The number of methoxy groups -OCH3 is 2. The van der Waals surface area contributed by atoms with Crippen molar-refractivity contribution in [3.8, 4) is 34.4 Å². The standard InChI is InChI=1S/C21H28BrN3O3.C16H17BrN2O4.CH4/c1-12(2)28-17-11-15-13(10-16(17)27-7)8-9-14-18(23-20(22)25(14)15)19(26)24(6)21(3,4)5;1-8(2)23-13-7-11-9(6-12(13)22-3)4-5-10-14(15(20)21)18-16(17)19(10)11;/h10-12H,8-9H2,1-7H3;6-8H,4-5H2,1-3H3,(H,20,21);1H4. The molecule has 52 heavy (non-hydrogen) atoms. The van der Waals surface area contributed by atoms with Gasteiger partial charge in [0.15, 0.2) is 43.9 Å². The molecule has 2 aromatic heterocycles. The van der Waals surface area contributed by atoms with Crippen molar-refractivity contribution >= 4 is 43.7 Å². The van der Waals surface area contributed by atoms with Crippen LogP contribution in [0.2, 0.25) is 0 Å². The number of carbonyl (C=O) groups is 2. The number of carboxylic acid groups (broad SMARTS) is 1. The number of benzene rings is 2. The number of aromatic nitrogens is 4. The fourth-order valence-corrected chi connectivity index (χ4v) is 7.29. The van der Waals surface area contributed by atoms with Gasteiger partial charge in [0.1, 0.15) is 0 Å². The molecule has 282 valence electrons. The summed E-state index contributed by atoms with van der Waals surface area (Å²) in [5.41, 5.74) is 5.96. The predicted molar refractivity (Wildman–Crippen MR) is 208 cm³/mol. The molecule has 4 aromatic rings. The van der Waals surface area contributed by atoms with Crippen molar-refractivity contribution in [3.63, 3.8) is 0 Å². The molecule has 0 saturated carbocycles. The average molecular weight is 848 g/mol. The van der Waals surface area contributed by atoms with Crippen LogP contribution >= 0.6 is 31.9 Å². The van der Waals surface area contributed by atoms with Crippen molar-refractivity contribution in [3.05, 3.63) is 67.6 Å². The Morgan fingerprint density at radius 1 is 0.750 bits per heavy atom. The van der Waals surface area contributed by atoms with Gasteiger partial charge in [0.25, 0.3) is 5.91 Å². The van der Waals surface area contributed by atoms with Crippen molar-refractivity contribution in [1.82, 2.24) is 24.0 Å². The van der Waals surface area contributed by atoms with Crippen molar-refractivity contribution in [1.29, 1.82) is 0 Å². The lowest BCUT2D eigenvalue weighted by Gasteiger charge is -2.32. The molecule has 14 heteroatoms. The summed E-state index contributed by atoms with van der Waals surface area (Å²) in [6.45, 7) is 13.9. The van der Waals surface area contributed by atoms with Gasteiger partial charge in [0.2, 0.25) is 0 Å². The molecule has 2 aromatic carbocycles. The normalized spacial score (nSPS) is 12.7. The van der Waals surface area contributed by atoms with Crippen molar-refractivity contribution in [2.45, 2.75) is 99.3 Å². The number of fused-ring (bicyclic) bond motifs is 6. The summed E-state index contributed by atoms with van der Waals surface area (Å²) in [5, 5.41) is 9.32. The second-order valence-electron chi connectivity index (χ2n) is 14.0. The molecule has 0 unspecified atom stereocenters. The van der Waals surface area contributed by atoms with Crippen LogP contribution in [0.25, 0.3) is 11.4 Å². The summed E-state index contributed by atoms with van der Waals surface area (Å²) in [5.74, 6) is 1.62. The Bertz CT molecular complexity index is 1980. The largest absolute Gasteiger partial charge is 0.493 e. The molecular formula is C38H49Br2N5O7. The first-order valence-electron chi connectivity index (χ1n) is 16.8. The van der Waals surface area contributed by atoms with Crippen LogP contribution < -0.4 is 18.9 Å². The van der Waals surface area contributed by atoms with E-state index >= 15 is 0 Å². The van der Waals surface area contributed by atoms with E-state index in [4.69, 9.17) is 18.9 Å². The molecule has 0 bridgehead atoms. The lowest BCUT2D eigenvalue weighted by atomic mass is 9.99. The molecule has 0 atom stereocenters. The Kier molecular flexibility index (Phi) is 12.5. The van der Waals surface area contributed by atoms with Crippen LogP contribution in [0.15, 0.2) is 33.7 Å². The molecule has 4 heterocycles. The van der Waals surface area contributed by atoms with Crippen LogP contribution in [0.3, 0.4) is 0 Å². The van der Waals surface area contributed by atoms with E-state index in [1.807, 2.05) is 88.9 Å². The van der Waals surface area contributed by atoms with Gasteiger partial charge in [-0.2, -0.15) is 0 Å². The molecule has 2 aliphatic rings. The fourth-order valence-electron chi connectivity index (χ4n) is 6.12. The fraction of sp³-hybridized carbons (Fsp3) is 0.474. The second kappa shape index (κ2) is 15.9. The molecule has 0 saturated heterocycles. The number of ether oxygens (including phenoxy) is 4. The van der Waals surface area contributed by atoms with Crippen LogP contribution in [0.4, 0.5) is 0 Å². The molecular weight excluding hydrogens is 798 g/mol. The first-order valence-corrected chi connectivity index (χ1v) is 18.4. The number of hydrogen-bond donors (Lipinski definition) is 1. The first kappa shape index (κ1) is 40.7. The van der Waals surface area contributed by atoms with E-state index in [9.17, 15) is 14.7 Å². The van der Waals surface area contributed by atoms with Crippen LogP contribution in [0.1, 0.15) is 99.4 Å². The summed E-state index contributed by atoms with van der Waals surface area (Å²) >= 11 is 6.93. The molecule has 0 radical (unpaired) electrons. The highest BCUT2D eigenvalue weighted by atomic mass is 79.9. The Morgan fingerprint density at radius 2 is 1.15 bits per heavy atom. The number of carbonyl (C=O) groups excluding carboxylic acids is 1. The zero-order valence-corrected chi connectivity index (χ0v) is 33.9. The van der Waals surface area contributed by atoms with Crippen molar-refractivity contribution in [2.24, 2.45) is 0 Å². The highest BCUT2D eigenvalue weighted by Crippen LogP contribution is 2.40. The third-order valence-corrected chi connectivity index (χ3v) is 9.84. The van der Waals surface area contributed by atoms with Gasteiger partial charge in [0.05, 0.1) is 49.2 Å². The highest BCUT2D eigenvalue weighted by molar-refractivity contribution is 9.10. The van der Waals surface area contributed by atoms with Gasteiger partial charge in [-0.05, 0) is 129 Å². The van der Waals surface area contributed by atoms with Gasteiger partial charge in [0, 0.05) is 24.7 Å². The maximum absolute atomic E-state index is 13.1.